The van der Waals surface area contributed by atoms with Crippen LogP contribution in [0.4, 0.5) is 0 Å². The number of nitrogens with one attached hydrogen (secondary N) is 1. The fourth-order valence-electron chi connectivity index (χ4n) is 4.61. The van der Waals surface area contributed by atoms with Gasteiger partial charge in [-0.25, -0.2) is 0 Å². The van der Waals surface area contributed by atoms with Crippen molar-refractivity contribution >= 4 is 17.9 Å². The van der Waals surface area contributed by atoms with Crippen LogP contribution in [0, 0.1) is 0 Å². The minimum Gasteiger partial charge on any atom is -0.351 e. The summed E-state index contributed by atoms with van der Waals surface area (Å²) < 4.78 is 0. The lowest BCUT2D eigenvalue weighted by atomic mass is 9.74. The van der Waals surface area contributed by atoms with Crippen molar-refractivity contribution in [2.24, 2.45) is 0 Å². The van der Waals surface area contributed by atoms with Crippen LogP contribution in [-0.2, 0) is 15.0 Å². The Balaban J connectivity index is 1.34. The van der Waals surface area contributed by atoms with Gasteiger partial charge in [-0.05, 0) is 43.7 Å². The summed E-state index contributed by atoms with van der Waals surface area (Å²) >= 11 is 0. The second kappa shape index (κ2) is 6.01. The summed E-state index contributed by atoms with van der Waals surface area (Å²) in [5.41, 5.74) is 2.67. The first-order valence-corrected chi connectivity index (χ1v) is 9.37. The van der Waals surface area contributed by atoms with Gasteiger partial charge in [-0.3, -0.25) is 9.59 Å². The van der Waals surface area contributed by atoms with Crippen LogP contribution in [0.3, 0.4) is 0 Å². The number of hydrogen-bond donors (Lipinski definition) is 1. The van der Waals surface area contributed by atoms with Crippen molar-refractivity contribution in [1.29, 1.82) is 0 Å². The van der Waals surface area contributed by atoms with E-state index in [0.29, 0.717) is 12.8 Å². The molecular formula is C21H26N2O2. The SMILES string of the molecule is CC1(CCC(=O)N2CCC3(C=Cc4ccccc43)CC2)CCC(=O)N1. The van der Waals surface area contributed by atoms with Gasteiger partial charge in [0.1, 0.15) is 0 Å². The van der Waals surface area contributed by atoms with Crippen molar-refractivity contribution in [2.75, 3.05) is 13.1 Å². The quantitative estimate of drug-likeness (QED) is 0.921. The molecule has 0 radical (unpaired) electrons. The standard InChI is InChI=1S/C21H26N2O2/c1-20(9-7-18(24)22-20)10-8-19(25)23-14-12-21(13-15-23)11-6-16-4-2-3-5-17(16)21/h2-6,11H,7-10,12-15H2,1H3,(H,22,24). The fourth-order valence-corrected chi connectivity index (χ4v) is 4.61. The minimum absolute atomic E-state index is 0.113. The van der Waals surface area contributed by atoms with Gasteiger partial charge in [-0.1, -0.05) is 36.4 Å². The maximum Gasteiger partial charge on any atom is 0.222 e. The average molecular weight is 338 g/mol. The first-order chi connectivity index (χ1) is 12.0. The second-order valence-corrected chi connectivity index (χ2v) is 8.07. The van der Waals surface area contributed by atoms with Gasteiger partial charge in [0, 0.05) is 36.9 Å². The monoisotopic (exact) mass is 338 g/mol. The highest BCUT2D eigenvalue weighted by Gasteiger charge is 2.39. The Labute approximate surface area is 149 Å². The molecule has 1 aromatic rings. The van der Waals surface area contributed by atoms with Crippen molar-refractivity contribution in [1.82, 2.24) is 10.2 Å². The zero-order valence-electron chi connectivity index (χ0n) is 14.9. The van der Waals surface area contributed by atoms with E-state index in [0.717, 1.165) is 38.8 Å². The molecule has 1 atom stereocenters. The molecule has 3 aliphatic rings. The van der Waals surface area contributed by atoms with Crippen molar-refractivity contribution in [3.63, 3.8) is 0 Å². The summed E-state index contributed by atoms with van der Waals surface area (Å²) in [6, 6.07) is 8.61. The van der Waals surface area contributed by atoms with E-state index in [-0.39, 0.29) is 22.8 Å². The molecule has 1 aliphatic carbocycles. The Bertz CT molecular complexity index is 731. The minimum atomic E-state index is -0.198. The van der Waals surface area contributed by atoms with Crippen LogP contribution in [-0.4, -0.2) is 35.3 Å². The summed E-state index contributed by atoms with van der Waals surface area (Å²) in [7, 11) is 0. The number of carbonyl (C=O) groups is 2. The summed E-state index contributed by atoms with van der Waals surface area (Å²) in [6.45, 7) is 3.69. The van der Waals surface area contributed by atoms with Gasteiger partial charge < -0.3 is 10.2 Å². The number of allylic oxidation sites excluding steroid dienone is 1. The maximum atomic E-state index is 12.6. The summed E-state index contributed by atoms with van der Waals surface area (Å²) in [6.07, 6.45) is 9.26. The number of hydrogen-bond acceptors (Lipinski definition) is 2. The molecule has 2 fully saturated rings. The first-order valence-electron chi connectivity index (χ1n) is 9.37. The number of likely N-dealkylation sites (tertiary alicyclic amines) is 1. The molecule has 0 saturated carbocycles. The maximum absolute atomic E-state index is 12.6. The molecule has 1 aromatic carbocycles. The van der Waals surface area contributed by atoms with Crippen LogP contribution in [0.1, 0.15) is 56.6 Å². The van der Waals surface area contributed by atoms with Crippen molar-refractivity contribution in [3.05, 3.63) is 41.5 Å². The summed E-state index contributed by atoms with van der Waals surface area (Å²) in [4.78, 5) is 26.1. The molecule has 2 saturated heterocycles. The molecule has 4 rings (SSSR count). The van der Waals surface area contributed by atoms with Gasteiger partial charge in [0.2, 0.25) is 11.8 Å². The number of benzene rings is 1. The second-order valence-electron chi connectivity index (χ2n) is 8.07. The van der Waals surface area contributed by atoms with Crippen molar-refractivity contribution in [3.8, 4) is 0 Å². The highest BCUT2D eigenvalue weighted by atomic mass is 16.2. The number of amides is 2. The lowest BCUT2D eigenvalue weighted by Gasteiger charge is -2.39. The molecule has 4 nitrogen and oxygen atoms in total. The van der Waals surface area contributed by atoms with E-state index in [1.54, 1.807) is 0 Å². The third kappa shape index (κ3) is 2.99. The molecule has 0 bridgehead atoms. The normalized spacial score (nSPS) is 26.8. The van der Waals surface area contributed by atoms with Crippen LogP contribution in [0.15, 0.2) is 30.3 Å². The number of nitrogens with zero attached hydrogens (tertiary/aromatic N) is 1. The van der Waals surface area contributed by atoms with Crippen molar-refractivity contribution < 1.29 is 9.59 Å². The Morgan fingerprint density at radius 3 is 2.68 bits per heavy atom. The largest absolute Gasteiger partial charge is 0.351 e. The van der Waals surface area contributed by atoms with E-state index in [2.05, 4.69) is 48.7 Å². The summed E-state index contributed by atoms with van der Waals surface area (Å²) in [5, 5.41) is 3.02. The molecule has 2 amide bonds. The third-order valence-corrected chi connectivity index (χ3v) is 6.32. The zero-order chi connectivity index (χ0) is 17.5. The number of piperidine rings is 1. The first kappa shape index (κ1) is 16.4. The Hall–Kier alpha value is -2.10. The summed E-state index contributed by atoms with van der Waals surface area (Å²) in [5.74, 6) is 0.342. The molecule has 0 aromatic heterocycles. The van der Waals surface area contributed by atoms with E-state index < -0.39 is 0 Å². The number of fused-ring (bicyclic) bond motifs is 2. The van der Waals surface area contributed by atoms with Crippen LogP contribution in [0.2, 0.25) is 0 Å². The lowest BCUT2D eigenvalue weighted by Crippen LogP contribution is -2.45. The predicted octanol–water partition coefficient (Wildman–Crippen LogP) is 3.02. The van der Waals surface area contributed by atoms with E-state index in [9.17, 15) is 9.59 Å². The van der Waals surface area contributed by atoms with Gasteiger partial charge in [0.15, 0.2) is 0 Å². The molecule has 2 heterocycles. The van der Waals surface area contributed by atoms with Crippen LogP contribution < -0.4 is 5.32 Å². The average Bonchev–Trinajstić information content (AvgIpc) is 3.15. The van der Waals surface area contributed by atoms with Gasteiger partial charge >= 0.3 is 0 Å². The fraction of sp³-hybridized carbons (Fsp3) is 0.524. The van der Waals surface area contributed by atoms with Gasteiger partial charge in [-0.2, -0.15) is 0 Å². The molecule has 25 heavy (non-hydrogen) atoms. The van der Waals surface area contributed by atoms with E-state index >= 15 is 0 Å². The van der Waals surface area contributed by atoms with E-state index in [4.69, 9.17) is 0 Å². The van der Waals surface area contributed by atoms with E-state index in [1.165, 1.54) is 11.1 Å². The lowest BCUT2D eigenvalue weighted by molar-refractivity contribution is -0.133. The Morgan fingerprint density at radius 2 is 1.96 bits per heavy atom. The van der Waals surface area contributed by atoms with Gasteiger partial charge in [0.25, 0.3) is 0 Å². The molecule has 4 heteroatoms. The highest BCUT2D eigenvalue weighted by Crippen LogP contribution is 2.43. The molecule has 132 valence electrons. The molecule has 1 unspecified atom stereocenters. The van der Waals surface area contributed by atoms with Crippen LogP contribution >= 0.6 is 0 Å². The Morgan fingerprint density at radius 1 is 1.20 bits per heavy atom. The smallest absolute Gasteiger partial charge is 0.222 e. The molecule has 1 N–H and O–H groups in total. The van der Waals surface area contributed by atoms with Crippen LogP contribution in [0.5, 0.6) is 0 Å². The van der Waals surface area contributed by atoms with Gasteiger partial charge in [0.05, 0.1) is 0 Å². The topological polar surface area (TPSA) is 49.4 Å². The van der Waals surface area contributed by atoms with E-state index in [1.807, 2.05) is 4.90 Å². The van der Waals surface area contributed by atoms with Crippen LogP contribution in [0.25, 0.3) is 6.08 Å². The van der Waals surface area contributed by atoms with Gasteiger partial charge in [-0.15, -0.1) is 0 Å². The zero-order valence-corrected chi connectivity index (χ0v) is 14.9. The molecule has 2 aliphatic heterocycles. The number of rotatable bonds is 3. The highest BCUT2D eigenvalue weighted by molar-refractivity contribution is 5.80. The predicted molar refractivity (Wildman–Crippen MR) is 98.0 cm³/mol. The molecular weight excluding hydrogens is 312 g/mol. The van der Waals surface area contributed by atoms with Crippen molar-refractivity contribution in [2.45, 2.75) is 56.4 Å². The molecule has 1 spiro atoms. The third-order valence-electron chi connectivity index (χ3n) is 6.32. The Kier molecular flexibility index (Phi) is 3.94. The number of carbonyl (C=O) groups excluding carboxylic acids is 2.